The largest absolute Gasteiger partial charge is 0.459 e. The molecule has 9 rings (SSSR count). The Kier molecular flexibility index (Phi) is 16.6. The lowest BCUT2D eigenvalue weighted by Crippen LogP contribution is -2.70. The molecule has 0 aromatic heterocycles. The van der Waals surface area contributed by atoms with E-state index in [-0.39, 0.29) is 68.6 Å². The van der Waals surface area contributed by atoms with Crippen molar-refractivity contribution in [2.75, 3.05) is 19.8 Å². The van der Waals surface area contributed by atoms with E-state index in [1.165, 1.54) is 41.3 Å². The third-order valence-electron chi connectivity index (χ3n) is 14.2. The number of allylic oxidation sites excluding steroid dienone is 1. The number of aliphatic hydroxyl groups is 2. The molecule has 2 aliphatic carbocycles. The molecule has 74 heavy (non-hydrogen) atoms. The van der Waals surface area contributed by atoms with Crippen molar-refractivity contribution in [2.24, 2.45) is 22.9 Å². The van der Waals surface area contributed by atoms with E-state index < -0.39 is 34.6 Å². The van der Waals surface area contributed by atoms with E-state index in [4.69, 9.17) is 28.9 Å². The number of unbranched alkanes of at least 4 members (excludes halogenated alkanes) is 2. The fourth-order valence-electron chi connectivity index (χ4n) is 10.8. The number of ether oxygens (including phenoxy) is 4. The molecule has 6 aromatic rings. The Morgan fingerprint density at radius 1 is 0.811 bits per heavy atom. The van der Waals surface area contributed by atoms with Crippen molar-refractivity contribution in [2.45, 2.75) is 75.8 Å². The number of aliphatic hydroxyl groups excluding tert-OH is 2. The number of amides is 1. The summed E-state index contributed by atoms with van der Waals surface area (Å²) in [5.74, 6) is -1.46. The lowest BCUT2D eigenvalue weighted by molar-refractivity contribution is -0.384. The number of benzene rings is 6. The number of hydrogen-bond donors (Lipinski definition) is 2. The number of rotatable bonds is 22. The van der Waals surface area contributed by atoms with Crippen molar-refractivity contribution in [3.05, 3.63) is 209 Å². The Morgan fingerprint density at radius 3 is 2.16 bits per heavy atom. The topological polar surface area (TPSA) is 162 Å². The van der Waals surface area contributed by atoms with E-state index in [2.05, 4.69) is 24.8 Å². The zero-order chi connectivity index (χ0) is 51.4. The molecule has 0 radical (unpaired) electrons. The van der Waals surface area contributed by atoms with Gasteiger partial charge < -0.3 is 34.0 Å². The van der Waals surface area contributed by atoms with Gasteiger partial charge in [0.25, 0.3) is 5.69 Å². The van der Waals surface area contributed by atoms with Crippen LogP contribution in [0, 0.1) is 33.7 Å². The molecule has 3 aliphatic rings. The Morgan fingerprint density at radius 2 is 1.47 bits per heavy atom. The summed E-state index contributed by atoms with van der Waals surface area (Å²) in [6.07, 6.45) is 7.24. The van der Waals surface area contributed by atoms with Crippen molar-refractivity contribution in [1.29, 1.82) is 0 Å². The smallest absolute Gasteiger partial charge is 0.416 e. The average molecular weight is 1000 g/mol. The molecule has 382 valence electrons. The highest BCUT2D eigenvalue weighted by atomic mass is 19.1. The molecule has 1 aliphatic heterocycles. The Hall–Kier alpha value is -7.65. The fourth-order valence-corrected chi connectivity index (χ4v) is 10.8. The van der Waals surface area contributed by atoms with E-state index in [1.807, 2.05) is 91.0 Å². The van der Waals surface area contributed by atoms with Gasteiger partial charge in [0.2, 0.25) is 5.79 Å². The van der Waals surface area contributed by atoms with Gasteiger partial charge in [-0.05, 0) is 120 Å². The first-order chi connectivity index (χ1) is 36.2. The number of carbonyl (C=O) groups is 1. The Bertz CT molecular complexity index is 2920. The van der Waals surface area contributed by atoms with E-state index in [0.29, 0.717) is 54.2 Å². The maximum atomic E-state index is 15.2. The monoisotopic (exact) mass is 1000 g/mol. The van der Waals surface area contributed by atoms with Crippen molar-refractivity contribution in [3.63, 3.8) is 0 Å². The quantitative estimate of drug-likeness (QED) is 0.0290. The van der Waals surface area contributed by atoms with Crippen molar-refractivity contribution >= 4 is 17.5 Å². The number of oxime groups is 1. The predicted octanol–water partition coefficient (Wildman–Crippen LogP) is 12.7. The Labute approximate surface area is 430 Å². The van der Waals surface area contributed by atoms with Gasteiger partial charge in [-0.25, -0.2) is 9.18 Å². The first-order valence-electron chi connectivity index (χ1n) is 25.2. The molecule has 0 bridgehead atoms. The van der Waals surface area contributed by atoms with Gasteiger partial charge in [-0.1, -0.05) is 115 Å². The molecule has 6 aromatic carbocycles. The third kappa shape index (κ3) is 11.6. The van der Waals surface area contributed by atoms with Crippen LogP contribution in [0.1, 0.15) is 67.6 Å². The summed E-state index contributed by atoms with van der Waals surface area (Å²) in [7, 11) is 0. The summed E-state index contributed by atoms with van der Waals surface area (Å²) in [4.78, 5) is 34.0. The van der Waals surface area contributed by atoms with Crippen molar-refractivity contribution < 1.29 is 48.1 Å². The zero-order valence-electron chi connectivity index (χ0n) is 41.0. The van der Waals surface area contributed by atoms with Gasteiger partial charge >= 0.3 is 6.09 Å². The standard InChI is InChI=1S/C60H60FN3O10/c1-2-35-70-60-56(63(39-41-19-23-46(61)24-20-41)59(67)73-49-29-25-47(26-30-49)64(68)69)38-54(62-71-40-42-13-5-3-6-14-42)52-36-45(17-9-11-33-65)51(18-10-12-34-66)57(58(52)60)53-37-50(31-32-55(53)74-60)72-48-27-21-44(22-28-48)43-15-7-4-8-16-43/h2-8,13-16,19-32,36-37,45,51,56-58,65-66H,1,9-12,17-18,33-35,38-40H2. The number of hydrogen-bond acceptors (Lipinski definition) is 11. The molecule has 1 saturated carbocycles. The Balaban J connectivity index is 1.22. The van der Waals surface area contributed by atoms with E-state index in [1.54, 1.807) is 18.2 Å². The highest BCUT2D eigenvalue weighted by Gasteiger charge is 2.66. The van der Waals surface area contributed by atoms with Crippen LogP contribution in [0.5, 0.6) is 23.0 Å². The summed E-state index contributed by atoms with van der Waals surface area (Å²) in [5.41, 5.74) is 5.69. The van der Waals surface area contributed by atoms with Crippen LogP contribution >= 0.6 is 0 Å². The van der Waals surface area contributed by atoms with Crippen LogP contribution in [0.15, 0.2) is 181 Å². The van der Waals surface area contributed by atoms with Crippen molar-refractivity contribution in [3.8, 4) is 34.1 Å². The summed E-state index contributed by atoms with van der Waals surface area (Å²) in [6.45, 7) is 4.19. The molecule has 2 N–H and O–H groups in total. The summed E-state index contributed by atoms with van der Waals surface area (Å²) >= 11 is 0. The van der Waals surface area contributed by atoms with E-state index in [0.717, 1.165) is 40.7 Å². The maximum absolute atomic E-state index is 15.2. The normalized spacial score (nSPS) is 21.0. The van der Waals surface area contributed by atoms with Crippen LogP contribution in [-0.2, 0) is 22.7 Å². The van der Waals surface area contributed by atoms with Crippen LogP contribution in [0.25, 0.3) is 11.1 Å². The minimum Gasteiger partial charge on any atom is -0.459 e. The SMILES string of the molecule is C=CCOC12Oc3ccc(Oc4ccc(-c5ccccc5)cc4)cc3C3C(CCCCO)C(CCCCO)C=C(C(=NOCc4ccccc4)CC1N(Cc1ccc(F)cc1)C(=O)Oc1ccc([N+](=O)[O-])cc1)C32. The fraction of sp³-hybridized carbons (Fsp3) is 0.300. The summed E-state index contributed by atoms with van der Waals surface area (Å²) in [5, 5.41) is 36.7. The molecule has 6 atom stereocenters. The zero-order valence-corrected chi connectivity index (χ0v) is 41.0. The number of non-ortho nitro benzene ring substituents is 1. The average Bonchev–Trinajstić information content (AvgIpc) is 3.45. The second-order valence-electron chi connectivity index (χ2n) is 18.9. The molecule has 0 spiro atoms. The molecule has 1 heterocycles. The maximum Gasteiger partial charge on any atom is 0.416 e. The highest BCUT2D eigenvalue weighted by molar-refractivity contribution is 6.03. The van der Waals surface area contributed by atoms with Gasteiger partial charge in [0, 0.05) is 49.8 Å². The first-order valence-corrected chi connectivity index (χ1v) is 25.2. The second kappa shape index (κ2) is 23.9. The number of nitrogens with zero attached hydrogens (tertiary/aromatic N) is 3. The van der Waals surface area contributed by atoms with Gasteiger partial charge in [-0.2, -0.15) is 0 Å². The van der Waals surface area contributed by atoms with E-state index in [9.17, 15) is 24.7 Å². The minimum atomic E-state index is -1.66. The first kappa shape index (κ1) is 51.3. The lowest BCUT2D eigenvalue weighted by Gasteiger charge is -2.59. The number of fused-ring (bicyclic) bond motifs is 2. The molecule has 1 fully saturated rings. The molecule has 14 heteroatoms. The number of nitro benzene ring substituents is 1. The van der Waals surface area contributed by atoms with Crippen LogP contribution in [-0.4, -0.2) is 63.5 Å². The number of halogens is 1. The van der Waals surface area contributed by atoms with E-state index >= 15 is 4.79 Å². The number of nitro groups is 1. The van der Waals surface area contributed by atoms with Crippen LogP contribution in [0.3, 0.4) is 0 Å². The second-order valence-corrected chi connectivity index (χ2v) is 18.9. The van der Waals surface area contributed by atoms with Crippen LogP contribution in [0.4, 0.5) is 14.9 Å². The highest BCUT2D eigenvalue weighted by Crippen LogP contribution is 2.62. The molecule has 0 saturated heterocycles. The van der Waals surface area contributed by atoms with Gasteiger partial charge in [0.15, 0.2) is 0 Å². The predicted molar refractivity (Wildman–Crippen MR) is 279 cm³/mol. The van der Waals surface area contributed by atoms with Crippen LogP contribution < -0.4 is 14.2 Å². The van der Waals surface area contributed by atoms with Gasteiger partial charge in [0.05, 0.1) is 23.2 Å². The summed E-state index contributed by atoms with van der Waals surface area (Å²) in [6, 6.07) is 43.5. The number of carbonyl (C=O) groups excluding carboxylic acids is 1. The molecule has 13 nitrogen and oxygen atoms in total. The third-order valence-corrected chi connectivity index (χ3v) is 14.2. The van der Waals surface area contributed by atoms with Crippen molar-refractivity contribution in [1.82, 2.24) is 4.90 Å². The molecule has 1 amide bonds. The lowest BCUT2D eigenvalue weighted by atomic mass is 9.55. The molecule has 6 unspecified atom stereocenters. The van der Waals surface area contributed by atoms with Gasteiger partial charge in [0.1, 0.15) is 41.5 Å². The van der Waals surface area contributed by atoms with Gasteiger partial charge in [-0.15, -0.1) is 6.58 Å². The molecular weight excluding hydrogens is 942 g/mol. The van der Waals surface area contributed by atoms with Crippen LogP contribution in [0.2, 0.25) is 0 Å². The molecular formula is C60H60FN3O10. The van der Waals surface area contributed by atoms with Gasteiger partial charge in [-0.3, -0.25) is 15.0 Å². The minimum absolute atomic E-state index is 0.0103. The summed E-state index contributed by atoms with van der Waals surface area (Å²) < 4.78 is 41.9.